The quantitative estimate of drug-likeness (QED) is 0.567. The van der Waals surface area contributed by atoms with Crippen LogP contribution in [0.15, 0.2) is 46.8 Å². The van der Waals surface area contributed by atoms with Crippen LogP contribution in [0, 0.1) is 17.7 Å². The number of hydrogen-bond acceptors (Lipinski definition) is 6. The number of carbonyl (C=O) groups excluding carboxylic acids is 3. The van der Waals surface area contributed by atoms with Gasteiger partial charge in [-0.1, -0.05) is 32.0 Å². The van der Waals surface area contributed by atoms with Gasteiger partial charge < -0.3 is 14.8 Å². The number of ketones is 1. The van der Waals surface area contributed by atoms with Gasteiger partial charge in [0.1, 0.15) is 11.7 Å². The zero-order valence-electron chi connectivity index (χ0n) is 18.5. The molecule has 31 heavy (non-hydrogen) atoms. The predicted octanol–water partition coefficient (Wildman–Crippen LogP) is 3.78. The maximum Gasteiger partial charge on any atom is 0.337 e. The molecule has 0 saturated carbocycles. The number of allylic oxidation sites excluding steroid dienone is 3. The summed E-state index contributed by atoms with van der Waals surface area (Å²) in [7, 11) is 1.23. The Kier molecular flexibility index (Phi) is 6.62. The van der Waals surface area contributed by atoms with Crippen molar-refractivity contribution in [1.82, 2.24) is 5.32 Å². The fourth-order valence-corrected chi connectivity index (χ4v) is 4.30. The van der Waals surface area contributed by atoms with Gasteiger partial charge >= 0.3 is 11.9 Å². The van der Waals surface area contributed by atoms with Crippen LogP contribution in [0.3, 0.4) is 0 Å². The fourth-order valence-electron chi connectivity index (χ4n) is 4.30. The van der Waals surface area contributed by atoms with Crippen LogP contribution >= 0.6 is 0 Å². The van der Waals surface area contributed by atoms with E-state index in [1.54, 1.807) is 39.0 Å². The predicted molar refractivity (Wildman–Crippen MR) is 112 cm³/mol. The van der Waals surface area contributed by atoms with Crippen molar-refractivity contribution in [2.24, 2.45) is 11.8 Å². The molecule has 0 aromatic heterocycles. The van der Waals surface area contributed by atoms with Gasteiger partial charge in [0.15, 0.2) is 5.78 Å². The van der Waals surface area contributed by atoms with Crippen molar-refractivity contribution >= 4 is 17.7 Å². The highest BCUT2D eigenvalue weighted by molar-refractivity contribution is 6.12. The molecular weight excluding hydrogens is 401 g/mol. The van der Waals surface area contributed by atoms with E-state index in [9.17, 15) is 18.8 Å². The first-order valence-electron chi connectivity index (χ1n) is 10.5. The van der Waals surface area contributed by atoms with Gasteiger partial charge in [0, 0.05) is 22.5 Å². The first kappa shape index (κ1) is 22.7. The van der Waals surface area contributed by atoms with E-state index in [4.69, 9.17) is 9.47 Å². The molecule has 0 radical (unpaired) electrons. The Bertz CT molecular complexity index is 980. The fraction of sp³-hybridized carbons (Fsp3) is 0.458. The number of halogens is 1. The van der Waals surface area contributed by atoms with Crippen LogP contribution < -0.4 is 5.32 Å². The number of ether oxygens (including phenoxy) is 2. The Morgan fingerprint density at radius 3 is 2.58 bits per heavy atom. The summed E-state index contributed by atoms with van der Waals surface area (Å²) in [4.78, 5) is 39.0. The molecule has 1 aliphatic carbocycles. The van der Waals surface area contributed by atoms with Crippen molar-refractivity contribution in [2.75, 3.05) is 7.11 Å². The summed E-state index contributed by atoms with van der Waals surface area (Å²) in [5.41, 5.74) is 1.70. The van der Waals surface area contributed by atoms with Gasteiger partial charge in [-0.25, -0.2) is 9.18 Å². The Hall–Kier alpha value is -2.96. The molecule has 1 aromatic carbocycles. The van der Waals surface area contributed by atoms with E-state index in [-0.39, 0.29) is 28.7 Å². The molecular formula is C24H28FNO5. The van der Waals surface area contributed by atoms with E-state index < -0.39 is 35.4 Å². The zero-order valence-corrected chi connectivity index (χ0v) is 18.5. The highest BCUT2D eigenvalue weighted by Gasteiger charge is 2.47. The Labute approximate surface area is 181 Å². The summed E-state index contributed by atoms with van der Waals surface area (Å²) >= 11 is 0. The monoisotopic (exact) mass is 429 g/mol. The standard InChI is InChI=1S/C24H28FNO5/c1-6-13(3)31-24(29)19-14(4)26-17-11-12(2)18(23(28)30-5)22(27)21(17)20(19)15-9-7-8-10-16(15)25/h7-10,12-13,18,20,26H,6,11H2,1-5H3/t12-,13+,18-,20+/m0/s1. The molecule has 4 atom stereocenters. The molecule has 0 fully saturated rings. The summed E-state index contributed by atoms with van der Waals surface area (Å²) < 4.78 is 25.3. The van der Waals surface area contributed by atoms with Crippen LogP contribution in [0.5, 0.6) is 0 Å². The minimum absolute atomic E-state index is 0.177. The number of nitrogens with one attached hydrogen (secondary N) is 1. The number of hydrogen-bond donors (Lipinski definition) is 1. The number of carbonyl (C=O) groups is 3. The van der Waals surface area contributed by atoms with E-state index in [1.165, 1.54) is 13.2 Å². The van der Waals surface area contributed by atoms with Crippen LogP contribution in [0.25, 0.3) is 0 Å². The average molecular weight is 429 g/mol. The minimum Gasteiger partial charge on any atom is -0.468 e. The Morgan fingerprint density at radius 2 is 1.97 bits per heavy atom. The van der Waals surface area contributed by atoms with Gasteiger partial charge in [-0.3, -0.25) is 9.59 Å². The van der Waals surface area contributed by atoms with E-state index in [0.29, 0.717) is 24.2 Å². The largest absolute Gasteiger partial charge is 0.468 e. The molecule has 166 valence electrons. The number of dihydropyridines is 1. The molecule has 1 N–H and O–H groups in total. The third-order valence-electron chi connectivity index (χ3n) is 6.06. The second kappa shape index (κ2) is 9.04. The SMILES string of the molecule is CC[C@@H](C)OC(=O)C1=C(C)NC2=C(C(=O)[C@@H](C(=O)OC)[C@@H](C)C2)[C@@H]1c1ccccc1F. The molecule has 2 aliphatic rings. The van der Waals surface area contributed by atoms with Crippen LogP contribution in [0.1, 0.15) is 52.0 Å². The number of esters is 2. The molecule has 0 bridgehead atoms. The van der Waals surface area contributed by atoms with Crippen molar-refractivity contribution in [1.29, 1.82) is 0 Å². The molecule has 6 nitrogen and oxygen atoms in total. The average Bonchev–Trinajstić information content (AvgIpc) is 2.72. The van der Waals surface area contributed by atoms with Gasteiger partial charge in [0.05, 0.1) is 24.7 Å². The number of Topliss-reactive ketones (excluding diaryl/α,β-unsaturated/α-hetero) is 1. The second-order valence-corrected chi connectivity index (χ2v) is 8.18. The lowest BCUT2D eigenvalue weighted by Gasteiger charge is -2.38. The van der Waals surface area contributed by atoms with Crippen molar-refractivity contribution in [2.45, 2.75) is 52.6 Å². The third kappa shape index (κ3) is 4.13. The van der Waals surface area contributed by atoms with E-state index in [1.807, 2.05) is 6.92 Å². The molecule has 0 amide bonds. The van der Waals surface area contributed by atoms with Gasteiger partial charge in [-0.2, -0.15) is 0 Å². The molecule has 1 heterocycles. The van der Waals surface area contributed by atoms with Crippen molar-refractivity contribution < 1.29 is 28.2 Å². The summed E-state index contributed by atoms with van der Waals surface area (Å²) in [6.07, 6.45) is 0.677. The van der Waals surface area contributed by atoms with Crippen LogP contribution in [-0.4, -0.2) is 30.9 Å². The van der Waals surface area contributed by atoms with Gasteiger partial charge in [0.25, 0.3) is 0 Å². The van der Waals surface area contributed by atoms with E-state index in [0.717, 1.165) is 0 Å². The lowest BCUT2D eigenvalue weighted by Crippen LogP contribution is -2.43. The first-order valence-corrected chi connectivity index (χ1v) is 10.5. The summed E-state index contributed by atoms with van der Waals surface area (Å²) in [5.74, 6) is -4.52. The van der Waals surface area contributed by atoms with Crippen molar-refractivity contribution in [3.05, 3.63) is 58.2 Å². The van der Waals surface area contributed by atoms with Crippen LogP contribution in [0.2, 0.25) is 0 Å². The molecule has 3 rings (SSSR count). The normalized spacial score (nSPS) is 24.3. The van der Waals surface area contributed by atoms with E-state index in [2.05, 4.69) is 5.32 Å². The highest BCUT2D eigenvalue weighted by Crippen LogP contribution is 2.46. The Morgan fingerprint density at radius 1 is 1.29 bits per heavy atom. The molecule has 0 spiro atoms. The first-order chi connectivity index (χ1) is 14.7. The molecule has 7 heteroatoms. The molecule has 1 aliphatic heterocycles. The van der Waals surface area contributed by atoms with E-state index >= 15 is 0 Å². The van der Waals surface area contributed by atoms with Crippen LogP contribution in [-0.2, 0) is 23.9 Å². The maximum atomic E-state index is 14.9. The number of rotatable bonds is 5. The lowest BCUT2D eigenvalue weighted by molar-refractivity contribution is -0.151. The smallest absolute Gasteiger partial charge is 0.337 e. The topological polar surface area (TPSA) is 81.7 Å². The number of benzene rings is 1. The van der Waals surface area contributed by atoms with Crippen LogP contribution in [0.4, 0.5) is 4.39 Å². The minimum atomic E-state index is -1.01. The second-order valence-electron chi connectivity index (χ2n) is 8.18. The summed E-state index contributed by atoms with van der Waals surface area (Å²) in [6, 6.07) is 6.04. The third-order valence-corrected chi connectivity index (χ3v) is 6.06. The summed E-state index contributed by atoms with van der Waals surface area (Å²) in [6.45, 7) is 7.18. The summed E-state index contributed by atoms with van der Waals surface area (Å²) in [5, 5.41) is 3.16. The highest BCUT2D eigenvalue weighted by atomic mass is 19.1. The lowest BCUT2D eigenvalue weighted by atomic mass is 9.69. The molecule has 1 aromatic rings. The Balaban J connectivity index is 2.18. The van der Waals surface area contributed by atoms with Gasteiger partial charge in [-0.15, -0.1) is 0 Å². The molecule has 0 saturated heterocycles. The maximum absolute atomic E-state index is 14.9. The zero-order chi connectivity index (χ0) is 22.9. The van der Waals surface area contributed by atoms with Crippen molar-refractivity contribution in [3.63, 3.8) is 0 Å². The van der Waals surface area contributed by atoms with Gasteiger partial charge in [-0.05, 0) is 38.7 Å². The molecule has 0 unspecified atom stereocenters. The van der Waals surface area contributed by atoms with Crippen molar-refractivity contribution in [3.8, 4) is 0 Å². The van der Waals surface area contributed by atoms with Gasteiger partial charge in [0.2, 0.25) is 0 Å². The number of methoxy groups -OCH3 is 1.